The van der Waals surface area contributed by atoms with Crippen LogP contribution in [-0.2, 0) is 34.4 Å². The van der Waals surface area contributed by atoms with Crippen LogP contribution < -0.4 is 0 Å². The van der Waals surface area contributed by atoms with Crippen molar-refractivity contribution >= 4 is 40.2 Å². The molecule has 2 amide bonds. The minimum absolute atomic E-state index is 0.0553. The minimum Gasteiger partial charge on any atom is -0.457 e. The average molecular weight is 854 g/mol. The number of ketones is 1. The van der Waals surface area contributed by atoms with Gasteiger partial charge >= 0.3 is 5.97 Å². The summed E-state index contributed by atoms with van der Waals surface area (Å²) in [7, 11) is -5.17. The predicted octanol–water partition coefficient (Wildman–Crippen LogP) is 10.9. The van der Waals surface area contributed by atoms with Gasteiger partial charge in [-0.05, 0) is 97.4 Å². The van der Waals surface area contributed by atoms with Crippen LogP contribution in [0.2, 0.25) is 36.3 Å². The molecular weight excluding hydrogens is 783 g/mol. The van der Waals surface area contributed by atoms with Crippen LogP contribution in [0.4, 0.5) is 0 Å². The summed E-state index contributed by atoms with van der Waals surface area (Å²) in [5.41, 5.74) is -0.790. The number of nitrogens with zero attached hydrogens (tertiary/aromatic N) is 1. The van der Waals surface area contributed by atoms with Crippen LogP contribution in [0.3, 0.4) is 0 Å². The van der Waals surface area contributed by atoms with Crippen molar-refractivity contribution in [2.75, 3.05) is 0 Å². The summed E-state index contributed by atoms with van der Waals surface area (Å²) < 4.78 is 21.1. The summed E-state index contributed by atoms with van der Waals surface area (Å²) in [6.45, 7) is 33.9. The van der Waals surface area contributed by atoms with Crippen molar-refractivity contribution in [1.29, 1.82) is 0 Å². The van der Waals surface area contributed by atoms with E-state index in [0.29, 0.717) is 18.4 Å². The number of benzene rings is 2. The van der Waals surface area contributed by atoms with Gasteiger partial charge in [-0.1, -0.05) is 130 Å². The standard InChI is InChI=1S/C50H71NO7Si2/c1-16-41(52)56-40-30-31-49(11,58-60(14,15)48(8,9)10)44(53)33(2)24-23-29-38-43(57-59(12,13)47(5,6)7)35(4)34(3)42-39(32-36-25-19-17-20-26-36)51(46(55)50(38,40)42)45(54)37-27-21-18-22-28-37/h17-23,25-31,33-34,38-40,42-43H,4,16,24,32H2,1-3,5-15H3/b29-23+,31-30+/t33?,34-,38+,39+,40+,42+,43-,49+,50-/m1/s1. The van der Waals surface area contributed by atoms with Crippen LogP contribution in [0.5, 0.6) is 0 Å². The molecule has 9 atom stereocenters. The van der Waals surface area contributed by atoms with Gasteiger partial charge in [0.2, 0.25) is 5.91 Å². The predicted molar refractivity (Wildman–Crippen MR) is 245 cm³/mol. The average Bonchev–Trinajstić information content (AvgIpc) is 3.42. The summed E-state index contributed by atoms with van der Waals surface area (Å²) in [6.07, 6.45) is 6.46. The lowest BCUT2D eigenvalue weighted by atomic mass is 9.51. The normalized spacial score (nSPS) is 31.5. The number of allylic oxidation sites excluding steroid dienone is 1. The highest BCUT2D eigenvalue weighted by atomic mass is 28.4. The van der Waals surface area contributed by atoms with Crippen molar-refractivity contribution in [2.24, 2.45) is 29.1 Å². The van der Waals surface area contributed by atoms with Gasteiger partial charge in [0.1, 0.15) is 17.1 Å². The number of Topliss-reactive ketones (excluding diaryl/α,β-unsaturated/α-hetero) is 1. The molecule has 0 bridgehead atoms. The van der Waals surface area contributed by atoms with Crippen molar-refractivity contribution in [3.05, 3.63) is 108 Å². The van der Waals surface area contributed by atoms with Gasteiger partial charge in [0.05, 0.1) is 6.10 Å². The zero-order valence-corrected chi connectivity index (χ0v) is 40.8. The number of amides is 2. The fourth-order valence-electron chi connectivity index (χ4n) is 9.17. The number of imide groups is 1. The quantitative estimate of drug-likeness (QED) is 0.107. The molecule has 1 spiro atoms. The Hall–Kier alpha value is -3.71. The lowest BCUT2D eigenvalue weighted by molar-refractivity contribution is -0.168. The van der Waals surface area contributed by atoms with Crippen LogP contribution in [-0.4, -0.2) is 69.0 Å². The van der Waals surface area contributed by atoms with Gasteiger partial charge in [-0.15, -0.1) is 0 Å². The van der Waals surface area contributed by atoms with E-state index in [2.05, 4.69) is 74.7 Å². The highest BCUT2D eigenvalue weighted by Gasteiger charge is 2.73. The molecule has 326 valence electrons. The first-order chi connectivity index (χ1) is 27.7. The third-order valence-electron chi connectivity index (χ3n) is 14.7. The van der Waals surface area contributed by atoms with Gasteiger partial charge in [-0.25, -0.2) is 0 Å². The highest BCUT2D eigenvalue weighted by molar-refractivity contribution is 6.74. The van der Waals surface area contributed by atoms with Gasteiger partial charge in [0, 0.05) is 35.8 Å². The fraction of sp³-hybridized carbons (Fsp3) is 0.560. The van der Waals surface area contributed by atoms with Crippen LogP contribution in [0, 0.1) is 29.1 Å². The van der Waals surface area contributed by atoms with Crippen molar-refractivity contribution in [3.8, 4) is 0 Å². The zero-order valence-electron chi connectivity index (χ0n) is 38.8. The molecule has 2 aromatic rings. The van der Waals surface area contributed by atoms with Crippen LogP contribution >= 0.6 is 0 Å². The summed E-state index contributed by atoms with van der Waals surface area (Å²) in [4.78, 5) is 61.7. The van der Waals surface area contributed by atoms with E-state index < -0.39 is 81.4 Å². The lowest BCUT2D eigenvalue weighted by Gasteiger charge is -2.55. The molecule has 60 heavy (non-hydrogen) atoms. The molecule has 1 unspecified atom stereocenters. The Labute approximate surface area is 362 Å². The van der Waals surface area contributed by atoms with E-state index in [1.54, 1.807) is 43.3 Å². The maximum absolute atomic E-state index is 16.4. The molecule has 1 heterocycles. The maximum atomic E-state index is 16.4. The third kappa shape index (κ3) is 8.68. The van der Waals surface area contributed by atoms with Gasteiger partial charge in [-0.3, -0.25) is 24.1 Å². The fourth-order valence-corrected chi connectivity index (χ4v) is 12.0. The second-order valence-electron chi connectivity index (χ2n) is 20.8. The molecule has 1 saturated carbocycles. The third-order valence-corrected chi connectivity index (χ3v) is 23.7. The number of esters is 1. The molecule has 5 rings (SSSR count). The Morgan fingerprint density at radius 1 is 0.867 bits per heavy atom. The number of carbonyl (C=O) groups excluding carboxylic acids is 4. The SMILES string of the molecule is C=C1[C@@H](C)[C@H]2[C@H](Cc3ccccc3)N(C(=O)c3ccccc3)C(=O)[C@]23[C@@H](OC(=O)CC)/C=C/[C@](C)(O[Si](C)(C)C(C)(C)C)C(=O)C(C)C/C=C/[C@H]3[C@@H]1O[Si](C)(C)C(C)(C)C. The molecule has 1 saturated heterocycles. The molecular formula is C50H71NO7Si2. The second kappa shape index (κ2) is 17.2. The van der Waals surface area contributed by atoms with Crippen LogP contribution in [0.1, 0.15) is 98.0 Å². The molecule has 0 radical (unpaired) electrons. The van der Waals surface area contributed by atoms with Gasteiger partial charge in [0.25, 0.3) is 5.91 Å². The van der Waals surface area contributed by atoms with E-state index >= 15 is 9.59 Å². The lowest BCUT2D eigenvalue weighted by Crippen LogP contribution is -2.62. The van der Waals surface area contributed by atoms with Gasteiger partial charge < -0.3 is 13.6 Å². The number of likely N-dealkylation sites (tertiary alicyclic amines) is 1. The Bertz CT molecular complexity index is 1990. The minimum atomic E-state index is -2.59. The number of hydrogen-bond donors (Lipinski definition) is 0. The van der Waals surface area contributed by atoms with E-state index in [4.69, 9.17) is 20.2 Å². The first-order valence-electron chi connectivity index (χ1n) is 21.9. The van der Waals surface area contributed by atoms with E-state index in [0.717, 1.165) is 11.1 Å². The summed E-state index contributed by atoms with van der Waals surface area (Å²) in [6, 6.07) is 18.2. The molecule has 10 heteroatoms. The Balaban J connectivity index is 1.92. The number of hydrogen-bond acceptors (Lipinski definition) is 7. The van der Waals surface area contributed by atoms with Crippen molar-refractivity contribution in [3.63, 3.8) is 0 Å². The topological polar surface area (TPSA) is 99.2 Å². The van der Waals surface area contributed by atoms with E-state index in [9.17, 15) is 9.59 Å². The molecule has 0 N–H and O–H groups in total. The monoisotopic (exact) mass is 853 g/mol. The molecule has 0 aromatic heterocycles. The number of carbonyl (C=O) groups is 4. The van der Waals surface area contributed by atoms with Crippen LogP contribution in [0.15, 0.2) is 97.1 Å². The molecule has 8 nitrogen and oxygen atoms in total. The Morgan fingerprint density at radius 2 is 1.43 bits per heavy atom. The molecule has 2 aromatic carbocycles. The Morgan fingerprint density at radius 3 is 1.98 bits per heavy atom. The maximum Gasteiger partial charge on any atom is 0.306 e. The Kier molecular flexibility index (Phi) is 13.6. The second-order valence-corrected chi connectivity index (χ2v) is 30.3. The summed E-state index contributed by atoms with van der Waals surface area (Å²) >= 11 is 0. The summed E-state index contributed by atoms with van der Waals surface area (Å²) in [5.74, 6) is -3.57. The van der Waals surface area contributed by atoms with Gasteiger partial charge in [-0.2, -0.15) is 0 Å². The number of ether oxygens (including phenoxy) is 1. The smallest absolute Gasteiger partial charge is 0.306 e. The van der Waals surface area contributed by atoms with E-state index in [1.807, 2.05) is 62.4 Å². The molecule has 2 aliphatic carbocycles. The molecule has 3 aliphatic rings. The largest absolute Gasteiger partial charge is 0.457 e. The van der Waals surface area contributed by atoms with E-state index in [-0.39, 0.29) is 28.2 Å². The van der Waals surface area contributed by atoms with Crippen LogP contribution in [0.25, 0.3) is 0 Å². The van der Waals surface area contributed by atoms with Crippen molar-refractivity contribution in [2.45, 2.75) is 149 Å². The number of rotatable bonds is 9. The van der Waals surface area contributed by atoms with Gasteiger partial charge in [0.15, 0.2) is 22.4 Å². The first-order valence-corrected chi connectivity index (χ1v) is 27.7. The highest BCUT2D eigenvalue weighted by Crippen LogP contribution is 2.63. The van der Waals surface area contributed by atoms with E-state index in [1.165, 1.54) is 4.90 Å². The first kappa shape index (κ1) is 47.3. The molecule has 1 aliphatic heterocycles. The zero-order chi connectivity index (χ0) is 44.8. The summed E-state index contributed by atoms with van der Waals surface area (Å²) in [5, 5.41) is -0.416. The van der Waals surface area contributed by atoms with Crippen molar-refractivity contribution < 1.29 is 32.8 Å². The molecule has 2 fully saturated rings. The van der Waals surface area contributed by atoms with Crippen molar-refractivity contribution in [1.82, 2.24) is 4.90 Å².